The van der Waals surface area contributed by atoms with Crippen molar-refractivity contribution in [2.24, 2.45) is 13.0 Å². The normalized spacial score (nSPS) is 12.0. The maximum Gasteiger partial charge on any atom is 0.322 e. The molecule has 2 rings (SSSR count). The zero-order chi connectivity index (χ0) is 23.1. The number of hydrogen-bond donors (Lipinski definition) is 1. The molecule has 0 saturated carbocycles. The van der Waals surface area contributed by atoms with Gasteiger partial charge in [-0.1, -0.05) is 26.8 Å². The summed E-state index contributed by atoms with van der Waals surface area (Å²) >= 11 is 0. The lowest BCUT2D eigenvalue weighted by atomic mass is 10.1. The molecular formula is C25H38N4O2. The molecule has 0 aliphatic heterocycles. The van der Waals surface area contributed by atoms with Crippen LogP contribution in [0.1, 0.15) is 50.9 Å². The number of anilines is 1. The molecule has 1 unspecified atom stereocenters. The second-order valence-electron chi connectivity index (χ2n) is 8.89. The Morgan fingerprint density at radius 3 is 2.35 bits per heavy atom. The number of hydrogen-bond acceptors (Lipinski definition) is 2. The van der Waals surface area contributed by atoms with Gasteiger partial charge in [0.2, 0.25) is 5.91 Å². The summed E-state index contributed by atoms with van der Waals surface area (Å²) < 4.78 is 2.03. The summed E-state index contributed by atoms with van der Waals surface area (Å²) in [7, 11) is 1.98. The van der Waals surface area contributed by atoms with Gasteiger partial charge in [0.1, 0.15) is 6.54 Å². The van der Waals surface area contributed by atoms with Gasteiger partial charge >= 0.3 is 6.03 Å². The predicted molar refractivity (Wildman–Crippen MR) is 127 cm³/mol. The van der Waals surface area contributed by atoms with Gasteiger partial charge in [0.05, 0.1) is 6.54 Å². The maximum absolute atomic E-state index is 13.3. The number of carbonyl (C=O) groups is 2. The third-order valence-corrected chi connectivity index (χ3v) is 5.79. The van der Waals surface area contributed by atoms with Crippen LogP contribution in [0.2, 0.25) is 0 Å². The monoisotopic (exact) mass is 426 g/mol. The Morgan fingerprint density at radius 1 is 1.10 bits per heavy atom. The topological polar surface area (TPSA) is 57.6 Å². The minimum Gasteiger partial charge on any atom is -0.353 e. The van der Waals surface area contributed by atoms with Crippen LogP contribution in [0.15, 0.2) is 36.5 Å². The van der Waals surface area contributed by atoms with E-state index in [0.29, 0.717) is 19.0 Å². The lowest BCUT2D eigenvalue weighted by Crippen LogP contribution is -2.48. The highest BCUT2D eigenvalue weighted by molar-refractivity contribution is 5.92. The summed E-state index contributed by atoms with van der Waals surface area (Å²) in [5.74, 6) is 0.302. The average Bonchev–Trinajstić information content (AvgIpc) is 3.11. The summed E-state index contributed by atoms with van der Waals surface area (Å²) in [4.78, 5) is 29.9. The third kappa shape index (κ3) is 6.88. The molecule has 1 heterocycles. The van der Waals surface area contributed by atoms with E-state index in [2.05, 4.69) is 19.2 Å². The molecule has 2 aromatic rings. The number of rotatable bonds is 9. The highest BCUT2D eigenvalue weighted by Crippen LogP contribution is 2.17. The lowest BCUT2D eigenvalue weighted by Gasteiger charge is -2.32. The molecule has 31 heavy (non-hydrogen) atoms. The van der Waals surface area contributed by atoms with E-state index in [1.807, 2.05) is 80.7 Å². The maximum atomic E-state index is 13.3. The fourth-order valence-corrected chi connectivity index (χ4v) is 3.46. The van der Waals surface area contributed by atoms with Crippen molar-refractivity contribution in [3.8, 4) is 0 Å². The summed E-state index contributed by atoms with van der Waals surface area (Å²) in [6.45, 7) is 13.5. The second kappa shape index (κ2) is 11.0. The van der Waals surface area contributed by atoms with Gasteiger partial charge in [-0.2, -0.15) is 0 Å². The van der Waals surface area contributed by atoms with E-state index in [-0.39, 0.29) is 24.5 Å². The molecule has 0 spiro atoms. The summed E-state index contributed by atoms with van der Waals surface area (Å²) in [6.07, 6.45) is 2.76. The standard InChI is InChI=1S/C25H38N4O2/c1-8-21(6)29(25(31)26-22-12-11-19(4)20(5)14-22)17-24(30)28(15-18(2)3)16-23-10-9-13-27(23)7/h9-14,18,21H,8,15-17H2,1-7H3,(H,26,31). The first-order valence-corrected chi connectivity index (χ1v) is 11.1. The first-order chi connectivity index (χ1) is 14.6. The quantitative estimate of drug-likeness (QED) is 0.616. The largest absolute Gasteiger partial charge is 0.353 e. The van der Waals surface area contributed by atoms with Crippen molar-refractivity contribution in [2.45, 2.75) is 60.5 Å². The van der Waals surface area contributed by atoms with E-state index in [4.69, 9.17) is 0 Å². The highest BCUT2D eigenvalue weighted by Gasteiger charge is 2.25. The number of urea groups is 1. The van der Waals surface area contributed by atoms with Crippen LogP contribution < -0.4 is 5.32 Å². The molecule has 3 amide bonds. The molecule has 1 aromatic carbocycles. The van der Waals surface area contributed by atoms with Gasteiger partial charge in [-0.25, -0.2) is 4.79 Å². The molecule has 0 aliphatic rings. The Balaban J connectivity index is 2.17. The van der Waals surface area contributed by atoms with E-state index >= 15 is 0 Å². The van der Waals surface area contributed by atoms with Crippen LogP contribution >= 0.6 is 0 Å². The molecule has 1 atom stereocenters. The SMILES string of the molecule is CCC(C)N(CC(=O)N(Cc1cccn1C)CC(C)C)C(=O)Nc1ccc(C)c(C)c1. The Morgan fingerprint density at radius 2 is 1.81 bits per heavy atom. The van der Waals surface area contributed by atoms with E-state index in [1.54, 1.807) is 4.90 Å². The molecule has 0 aliphatic carbocycles. The molecule has 0 fully saturated rings. The molecule has 6 nitrogen and oxygen atoms in total. The second-order valence-corrected chi connectivity index (χ2v) is 8.89. The van der Waals surface area contributed by atoms with Gasteiger partial charge in [0, 0.05) is 37.2 Å². The first kappa shape index (κ1) is 24.5. The fraction of sp³-hybridized carbons (Fsp3) is 0.520. The van der Waals surface area contributed by atoms with Crippen molar-refractivity contribution in [3.63, 3.8) is 0 Å². The van der Waals surface area contributed by atoms with Crippen molar-refractivity contribution >= 4 is 17.6 Å². The summed E-state index contributed by atoms with van der Waals surface area (Å²) in [6, 6.07) is 9.57. The number of carbonyl (C=O) groups excluding carboxylic acids is 2. The molecule has 6 heteroatoms. The molecule has 0 saturated heterocycles. The minimum absolute atomic E-state index is 0.0366. The summed E-state index contributed by atoms with van der Waals surface area (Å²) in [5, 5.41) is 2.98. The molecule has 0 bridgehead atoms. The third-order valence-electron chi connectivity index (χ3n) is 5.79. The Labute approximate surface area is 187 Å². The van der Waals surface area contributed by atoms with Gasteiger partial charge in [-0.15, -0.1) is 0 Å². The van der Waals surface area contributed by atoms with Crippen LogP contribution in [0.4, 0.5) is 10.5 Å². The van der Waals surface area contributed by atoms with Gasteiger partial charge in [-0.05, 0) is 68.5 Å². The smallest absolute Gasteiger partial charge is 0.322 e. The minimum atomic E-state index is -0.241. The van der Waals surface area contributed by atoms with Crippen molar-refractivity contribution in [3.05, 3.63) is 53.3 Å². The molecular weight excluding hydrogens is 388 g/mol. The van der Waals surface area contributed by atoms with Crippen molar-refractivity contribution in [1.82, 2.24) is 14.4 Å². The molecule has 170 valence electrons. The van der Waals surface area contributed by atoms with Crippen LogP contribution in [0.25, 0.3) is 0 Å². The molecule has 0 radical (unpaired) electrons. The number of benzene rings is 1. The lowest BCUT2D eigenvalue weighted by molar-refractivity contribution is -0.133. The van der Waals surface area contributed by atoms with E-state index < -0.39 is 0 Å². The van der Waals surface area contributed by atoms with E-state index in [9.17, 15) is 9.59 Å². The number of aromatic nitrogens is 1. The zero-order valence-corrected chi connectivity index (χ0v) is 20.1. The van der Waals surface area contributed by atoms with Gasteiger partial charge in [-0.3, -0.25) is 4.79 Å². The first-order valence-electron chi connectivity index (χ1n) is 11.1. The Bertz CT molecular complexity index is 887. The van der Waals surface area contributed by atoms with Crippen molar-refractivity contribution in [2.75, 3.05) is 18.4 Å². The summed E-state index contributed by atoms with van der Waals surface area (Å²) in [5.41, 5.74) is 4.12. The zero-order valence-electron chi connectivity index (χ0n) is 20.1. The van der Waals surface area contributed by atoms with Crippen LogP contribution in [-0.4, -0.2) is 45.4 Å². The van der Waals surface area contributed by atoms with Gasteiger partial charge in [0.25, 0.3) is 0 Å². The van der Waals surface area contributed by atoms with Crippen LogP contribution in [0, 0.1) is 19.8 Å². The van der Waals surface area contributed by atoms with Gasteiger partial charge < -0.3 is 19.7 Å². The Hall–Kier alpha value is -2.76. The van der Waals surface area contributed by atoms with Crippen molar-refractivity contribution < 1.29 is 9.59 Å². The number of amides is 3. The Kier molecular flexibility index (Phi) is 8.72. The molecule has 1 N–H and O–H groups in total. The van der Waals surface area contributed by atoms with Crippen molar-refractivity contribution in [1.29, 1.82) is 0 Å². The van der Waals surface area contributed by atoms with Crippen LogP contribution in [0.5, 0.6) is 0 Å². The van der Waals surface area contributed by atoms with E-state index in [0.717, 1.165) is 23.4 Å². The molecule has 1 aromatic heterocycles. The number of aryl methyl sites for hydroxylation is 3. The van der Waals surface area contributed by atoms with Gasteiger partial charge in [0.15, 0.2) is 0 Å². The highest BCUT2D eigenvalue weighted by atomic mass is 16.2. The van der Waals surface area contributed by atoms with Crippen LogP contribution in [0.3, 0.4) is 0 Å². The number of nitrogens with zero attached hydrogens (tertiary/aromatic N) is 3. The predicted octanol–water partition coefficient (Wildman–Crippen LogP) is 4.96. The van der Waals surface area contributed by atoms with Crippen LogP contribution in [-0.2, 0) is 18.4 Å². The number of nitrogens with one attached hydrogen (secondary N) is 1. The average molecular weight is 427 g/mol. The van der Waals surface area contributed by atoms with E-state index in [1.165, 1.54) is 5.56 Å². The fourth-order valence-electron chi connectivity index (χ4n) is 3.46.